The van der Waals surface area contributed by atoms with Gasteiger partial charge in [-0.15, -0.1) is 0 Å². The fourth-order valence-corrected chi connectivity index (χ4v) is 5.83. The Hall–Kier alpha value is -5.36. The molecule has 0 spiro atoms. The lowest BCUT2D eigenvalue weighted by atomic mass is 10.0. The maximum atomic E-state index is 13.8. The summed E-state index contributed by atoms with van der Waals surface area (Å²) in [5.74, 6) is -8.53. The van der Waals surface area contributed by atoms with Gasteiger partial charge in [0.25, 0.3) is 0 Å². The van der Waals surface area contributed by atoms with Gasteiger partial charge in [0.05, 0.1) is 25.3 Å². The lowest BCUT2D eigenvalue weighted by molar-refractivity contribution is -0.145. The number of amides is 7. The summed E-state index contributed by atoms with van der Waals surface area (Å²) in [6, 6.07) is -1.77. The Morgan fingerprint density at radius 3 is 1.82 bits per heavy atom. The zero-order valence-corrected chi connectivity index (χ0v) is 34.6. The van der Waals surface area contributed by atoms with Crippen molar-refractivity contribution in [3.63, 3.8) is 0 Å². The van der Waals surface area contributed by atoms with Crippen molar-refractivity contribution in [2.24, 2.45) is 11.5 Å². The molecule has 1 aromatic carbocycles. The van der Waals surface area contributed by atoms with Gasteiger partial charge in [-0.1, -0.05) is 30.3 Å². The smallest absolute Gasteiger partial charge is 0.328 e. The van der Waals surface area contributed by atoms with Crippen LogP contribution < -0.4 is 48.7 Å². The summed E-state index contributed by atoms with van der Waals surface area (Å²) in [4.78, 5) is 115. The number of carboxylic acid groups (broad SMARTS) is 2. The van der Waals surface area contributed by atoms with Crippen LogP contribution in [0.5, 0.6) is 0 Å². The predicted octanol–water partition coefficient (Wildman–Crippen LogP) is -4.19. The highest BCUT2D eigenvalue weighted by molar-refractivity contribution is 7.98. The van der Waals surface area contributed by atoms with Crippen molar-refractivity contribution in [3.05, 3.63) is 35.9 Å². The van der Waals surface area contributed by atoms with Crippen LogP contribution in [-0.4, -0.2) is 154 Å². The van der Waals surface area contributed by atoms with E-state index in [1.165, 1.54) is 18.7 Å². The van der Waals surface area contributed by atoms with Gasteiger partial charge in [-0.2, -0.15) is 11.8 Å². The monoisotopic (exact) mass is 869 g/mol. The second kappa shape index (κ2) is 28.2. The molecule has 0 aromatic heterocycles. The number of carbonyl (C=O) groups excluding carboxylic acids is 7. The zero-order chi connectivity index (χ0) is 45.4. The van der Waals surface area contributed by atoms with E-state index in [1.807, 2.05) is 6.26 Å². The fraction of sp³-hybridized carbons (Fsp3) is 0.595. The molecule has 60 heavy (non-hydrogen) atoms. The van der Waals surface area contributed by atoms with E-state index in [2.05, 4.69) is 37.2 Å². The third-order valence-corrected chi connectivity index (χ3v) is 9.44. The zero-order valence-electron chi connectivity index (χ0n) is 33.8. The summed E-state index contributed by atoms with van der Waals surface area (Å²) in [5, 5.41) is 55.1. The Labute approximate surface area is 351 Å². The summed E-state index contributed by atoms with van der Waals surface area (Å²) in [6.07, 6.45) is 0.161. The molecule has 0 aliphatic rings. The van der Waals surface area contributed by atoms with Gasteiger partial charge in [0.1, 0.15) is 30.2 Å². The van der Waals surface area contributed by atoms with Crippen molar-refractivity contribution in [2.45, 2.75) is 107 Å². The van der Waals surface area contributed by atoms with E-state index in [0.29, 0.717) is 30.6 Å². The Morgan fingerprint density at radius 1 is 0.700 bits per heavy atom. The van der Waals surface area contributed by atoms with Crippen molar-refractivity contribution < 1.29 is 63.6 Å². The molecular weight excluding hydrogens is 811 g/mol. The summed E-state index contributed by atoms with van der Waals surface area (Å²) in [6.45, 7) is 1.15. The number of aliphatic carboxylic acids is 2. The number of aliphatic hydroxyl groups excluding tert-OH is 2. The Kier molecular flexibility index (Phi) is 24.7. The van der Waals surface area contributed by atoms with Gasteiger partial charge in [-0.05, 0) is 70.1 Å². The highest BCUT2D eigenvalue weighted by Crippen LogP contribution is 2.08. The second-order valence-corrected chi connectivity index (χ2v) is 14.8. The van der Waals surface area contributed by atoms with Crippen molar-refractivity contribution >= 4 is 65.1 Å². The molecule has 0 aliphatic heterocycles. The van der Waals surface area contributed by atoms with Gasteiger partial charge in [0.2, 0.25) is 41.4 Å². The molecule has 23 heteroatoms. The number of carbonyl (C=O) groups is 9. The molecule has 0 bridgehead atoms. The fourth-order valence-electron chi connectivity index (χ4n) is 5.34. The molecule has 1 rings (SSSR count). The van der Waals surface area contributed by atoms with Crippen molar-refractivity contribution in [2.75, 3.05) is 31.7 Å². The van der Waals surface area contributed by atoms with Gasteiger partial charge in [0.15, 0.2) is 6.04 Å². The first kappa shape index (κ1) is 52.7. The quantitative estimate of drug-likeness (QED) is 0.0340. The average molecular weight is 870 g/mol. The number of rotatable bonds is 29. The van der Waals surface area contributed by atoms with Crippen LogP contribution in [0.2, 0.25) is 0 Å². The van der Waals surface area contributed by atoms with E-state index >= 15 is 0 Å². The number of benzene rings is 1. The molecule has 336 valence electrons. The Morgan fingerprint density at radius 2 is 1.25 bits per heavy atom. The molecule has 0 saturated heterocycles. The average Bonchev–Trinajstić information content (AvgIpc) is 3.20. The van der Waals surface area contributed by atoms with E-state index in [4.69, 9.17) is 11.5 Å². The molecule has 8 atom stereocenters. The summed E-state index contributed by atoms with van der Waals surface area (Å²) in [7, 11) is 0. The van der Waals surface area contributed by atoms with Gasteiger partial charge >= 0.3 is 11.9 Å². The minimum Gasteiger partial charge on any atom is -0.481 e. The minimum absolute atomic E-state index is 0.0325. The number of hydrogen-bond donors (Lipinski definition) is 13. The number of aliphatic hydroxyl groups is 2. The minimum atomic E-state index is -1.72. The van der Waals surface area contributed by atoms with E-state index < -0.39 is 128 Å². The SMILES string of the molecule is CSCC[C@H](N)C(=O)NCC(=O)N[C@@H](C)C(=O)N[C@@H](CCC(=O)O)C(=O)N[C@@H](Cc1ccccc1)C(=O)N[C@@H](CO)C(=O)N[C@@H](CCCCN)C(=O)N[C@H](C(=O)O)[C@@H](C)O. The summed E-state index contributed by atoms with van der Waals surface area (Å²) >= 11 is 1.49. The number of carboxylic acids is 2. The number of nitrogens with one attached hydrogen (secondary N) is 7. The molecule has 0 saturated carbocycles. The Balaban J connectivity index is 3.22. The van der Waals surface area contributed by atoms with Crippen LogP contribution in [0.3, 0.4) is 0 Å². The molecule has 22 nitrogen and oxygen atoms in total. The maximum absolute atomic E-state index is 13.8. The first-order chi connectivity index (χ1) is 28.3. The number of thioether (sulfide) groups is 1. The Bertz CT molecular complexity index is 1610. The summed E-state index contributed by atoms with van der Waals surface area (Å²) in [5.41, 5.74) is 11.9. The van der Waals surface area contributed by atoms with Crippen LogP contribution in [0.15, 0.2) is 30.3 Å². The normalized spacial score (nSPS) is 14.9. The molecule has 15 N–H and O–H groups in total. The molecule has 0 radical (unpaired) electrons. The van der Waals surface area contributed by atoms with Crippen LogP contribution in [-0.2, 0) is 49.6 Å². The van der Waals surface area contributed by atoms with Crippen molar-refractivity contribution in [1.29, 1.82) is 0 Å². The topological polar surface area (TPSA) is 371 Å². The van der Waals surface area contributed by atoms with Crippen LogP contribution >= 0.6 is 11.8 Å². The number of unbranched alkanes of at least 4 members (excludes halogenated alkanes) is 1. The van der Waals surface area contributed by atoms with Crippen LogP contribution in [0, 0.1) is 0 Å². The molecule has 7 amide bonds. The molecule has 0 unspecified atom stereocenters. The highest BCUT2D eigenvalue weighted by atomic mass is 32.2. The van der Waals surface area contributed by atoms with Gasteiger partial charge in [0, 0.05) is 12.8 Å². The number of nitrogens with two attached hydrogens (primary N) is 2. The molecule has 1 aromatic rings. The lowest BCUT2D eigenvalue weighted by Gasteiger charge is -2.27. The van der Waals surface area contributed by atoms with Gasteiger partial charge < -0.3 is 69.1 Å². The van der Waals surface area contributed by atoms with Crippen molar-refractivity contribution in [3.8, 4) is 0 Å². The van der Waals surface area contributed by atoms with Gasteiger partial charge in [-0.25, -0.2) is 4.79 Å². The standard InChI is InChI=1S/C37H59N9O13S/c1-20(41-28(49)18-40-32(53)23(39)14-16-60-3)31(52)42-25(12-13-29(50)51)33(54)44-26(17-22-9-5-4-6-10-22)35(56)45-27(19-47)36(57)43-24(11-7-8-15-38)34(55)46-30(21(2)48)37(58)59/h4-6,9-10,20-21,23-27,30,47-48H,7-8,11-19,38-39H2,1-3H3,(H,40,53)(H,41,49)(H,42,52)(H,43,57)(H,44,54)(H,45,56)(H,46,55)(H,50,51)(H,58,59)/t20-,21+,23-,24-,25-,26-,27-,30-/m0/s1. The van der Waals surface area contributed by atoms with Crippen LogP contribution in [0.4, 0.5) is 0 Å². The third kappa shape index (κ3) is 20.1. The van der Waals surface area contributed by atoms with E-state index in [9.17, 15) is 63.6 Å². The first-order valence-corrected chi connectivity index (χ1v) is 20.5. The highest BCUT2D eigenvalue weighted by Gasteiger charge is 2.34. The van der Waals surface area contributed by atoms with Gasteiger partial charge in [-0.3, -0.25) is 38.4 Å². The second-order valence-electron chi connectivity index (χ2n) is 13.8. The van der Waals surface area contributed by atoms with E-state index in [1.54, 1.807) is 30.3 Å². The number of hydrogen-bond acceptors (Lipinski definition) is 14. The van der Waals surface area contributed by atoms with Crippen molar-refractivity contribution in [1.82, 2.24) is 37.2 Å². The summed E-state index contributed by atoms with van der Waals surface area (Å²) < 4.78 is 0. The first-order valence-electron chi connectivity index (χ1n) is 19.2. The lowest BCUT2D eigenvalue weighted by Crippen LogP contribution is -2.61. The third-order valence-electron chi connectivity index (χ3n) is 8.80. The molecular formula is C37H59N9O13S. The largest absolute Gasteiger partial charge is 0.481 e. The van der Waals surface area contributed by atoms with Crippen LogP contribution in [0.1, 0.15) is 57.9 Å². The molecule has 0 fully saturated rings. The maximum Gasteiger partial charge on any atom is 0.328 e. The predicted molar refractivity (Wildman–Crippen MR) is 218 cm³/mol. The van der Waals surface area contributed by atoms with E-state index in [-0.39, 0.29) is 19.4 Å². The van der Waals surface area contributed by atoms with Crippen LogP contribution in [0.25, 0.3) is 0 Å². The van der Waals surface area contributed by atoms with E-state index in [0.717, 1.165) is 6.92 Å². The molecule has 0 heterocycles. The molecule has 0 aliphatic carbocycles.